The molecule has 0 bridgehead atoms. The van der Waals surface area contributed by atoms with Crippen molar-refractivity contribution in [1.82, 2.24) is 0 Å². The molecule has 0 spiro atoms. The predicted molar refractivity (Wildman–Crippen MR) is 64.1 cm³/mol. The number of hydrogen-bond donors (Lipinski definition) is 0. The van der Waals surface area contributed by atoms with Crippen LogP contribution in [0.1, 0.15) is 17.9 Å². The van der Waals surface area contributed by atoms with Gasteiger partial charge in [-0.15, -0.1) is 0 Å². The van der Waals surface area contributed by atoms with Gasteiger partial charge in [0, 0.05) is 11.5 Å². The molecule has 0 fully saturated rings. The summed E-state index contributed by atoms with van der Waals surface area (Å²) in [7, 11) is 1.33. The molecule has 1 aromatic carbocycles. The molecule has 0 aromatic heterocycles. The lowest BCUT2D eigenvalue weighted by molar-refractivity contribution is -0.250. The molecule has 3 heteroatoms. The van der Waals surface area contributed by atoms with Gasteiger partial charge >= 0.3 is 5.97 Å². The second-order valence-corrected chi connectivity index (χ2v) is 3.79. The van der Waals surface area contributed by atoms with E-state index in [2.05, 4.69) is 9.78 Å². The first-order chi connectivity index (χ1) is 8.33. The average Bonchev–Trinajstić information content (AvgIpc) is 2.40. The third kappa shape index (κ3) is 2.63. The van der Waals surface area contributed by atoms with Crippen molar-refractivity contribution < 1.29 is 14.6 Å². The zero-order chi connectivity index (χ0) is 12.1. The number of rotatable bonds is 3. The number of carbonyl (C=O) groups excluding carboxylic acids is 1. The van der Waals surface area contributed by atoms with Crippen molar-refractivity contribution in [2.75, 3.05) is 7.11 Å². The summed E-state index contributed by atoms with van der Waals surface area (Å²) in [5.41, 5.74) is 1.73. The molecule has 1 aromatic rings. The highest BCUT2D eigenvalue weighted by Crippen LogP contribution is 2.31. The van der Waals surface area contributed by atoms with E-state index in [0.29, 0.717) is 5.57 Å². The molecule has 0 N–H and O–H groups in total. The summed E-state index contributed by atoms with van der Waals surface area (Å²) in [5.74, 6) is -0.380. The van der Waals surface area contributed by atoms with E-state index in [1.54, 1.807) is 6.08 Å². The fourth-order valence-electron chi connectivity index (χ4n) is 1.96. The second kappa shape index (κ2) is 5.46. The normalized spacial score (nSPS) is 18.6. The summed E-state index contributed by atoms with van der Waals surface area (Å²) in [5, 5.41) is 0. The van der Waals surface area contributed by atoms with E-state index in [4.69, 9.17) is 0 Å². The third-order valence-electron chi connectivity index (χ3n) is 2.76. The predicted octanol–water partition coefficient (Wildman–Crippen LogP) is 2.76. The van der Waals surface area contributed by atoms with Gasteiger partial charge in [-0.05, 0) is 12.0 Å². The van der Waals surface area contributed by atoms with Gasteiger partial charge in [-0.3, -0.25) is 4.89 Å². The molecule has 17 heavy (non-hydrogen) atoms. The molecule has 0 saturated heterocycles. The van der Waals surface area contributed by atoms with Crippen LogP contribution in [-0.4, -0.2) is 13.1 Å². The van der Waals surface area contributed by atoms with Crippen LogP contribution in [0.3, 0.4) is 0 Å². The third-order valence-corrected chi connectivity index (χ3v) is 2.76. The Morgan fingerprint density at radius 2 is 2.06 bits per heavy atom. The second-order valence-electron chi connectivity index (χ2n) is 3.79. The first-order valence-electron chi connectivity index (χ1n) is 5.49. The van der Waals surface area contributed by atoms with Crippen LogP contribution >= 0.6 is 0 Å². The zero-order valence-electron chi connectivity index (χ0n) is 9.63. The summed E-state index contributed by atoms with van der Waals surface area (Å²) in [6.07, 6.45) is 6.49. The van der Waals surface area contributed by atoms with Crippen molar-refractivity contribution in [2.24, 2.45) is 0 Å². The minimum atomic E-state index is -0.425. The fraction of sp³-hybridized carbons (Fsp3) is 0.214. The van der Waals surface area contributed by atoms with E-state index in [9.17, 15) is 4.79 Å². The molecule has 1 atom stereocenters. The van der Waals surface area contributed by atoms with Crippen molar-refractivity contribution >= 4 is 5.97 Å². The maximum atomic E-state index is 11.7. The van der Waals surface area contributed by atoms with Crippen molar-refractivity contribution in [3.8, 4) is 0 Å². The molecule has 0 saturated carbocycles. The molecule has 3 nitrogen and oxygen atoms in total. The monoisotopic (exact) mass is 230 g/mol. The van der Waals surface area contributed by atoms with Crippen LogP contribution in [0, 0.1) is 0 Å². The molecule has 1 unspecified atom stereocenters. The maximum absolute atomic E-state index is 11.7. The zero-order valence-corrected chi connectivity index (χ0v) is 9.63. The highest BCUT2D eigenvalue weighted by Gasteiger charge is 2.24. The van der Waals surface area contributed by atoms with Gasteiger partial charge in [-0.25, -0.2) is 4.79 Å². The Hall–Kier alpha value is -1.87. The lowest BCUT2D eigenvalue weighted by Crippen LogP contribution is -2.15. The van der Waals surface area contributed by atoms with Crippen molar-refractivity contribution in [3.63, 3.8) is 0 Å². The largest absolute Gasteiger partial charge is 0.369 e. The van der Waals surface area contributed by atoms with Gasteiger partial charge in [-0.1, -0.05) is 48.6 Å². The molecule has 0 radical (unpaired) electrons. The van der Waals surface area contributed by atoms with E-state index in [1.807, 2.05) is 42.5 Å². The molecular formula is C14H14O3. The van der Waals surface area contributed by atoms with Crippen LogP contribution < -0.4 is 0 Å². The van der Waals surface area contributed by atoms with Crippen LogP contribution in [0.5, 0.6) is 0 Å². The number of allylic oxidation sites excluding steroid dienone is 3. The lowest BCUT2D eigenvalue weighted by atomic mass is 9.85. The molecule has 2 rings (SSSR count). The van der Waals surface area contributed by atoms with Crippen LogP contribution in [0.15, 0.2) is 54.1 Å². The first-order valence-corrected chi connectivity index (χ1v) is 5.49. The fourth-order valence-corrected chi connectivity index (χ4v) is 1.96. The smallest absolute Gasteiger partial charge is 0.293 e. The Bertz CT molecular complexity index is 446. The summed E-state index contributed by atoms with van der Waals surface area (Å²) < 4.78 is 0. The maximum Gasteiger partial charge on any atom is 0.369 e. The van der Waals surface area contributed by atoms with Gasteiger partial charge in [0.15, 0.2) is 0 Å². The molecule has 0 aliphatic heterocycles. The standard InChI is InChI=1S/C14H14O3/c1-16-17-14(15)13-10-6-5-9-12(13)11-7-3-2-4-8-11/h2-8,10,12H,9H2,1H3. The molecule has 88 valence electrons. The van der Waals surface area contributed by atoms with Gasteiger partial charge in [0.2, 0.25) is 0 Å². The van der Waals surface area contributed by atoms with E-state index < -0.39 is 5.97 Å². The van der Waals surface area contributed by atoms with Gasteiger partial charge in [-0.2, -0.15) is 4.89 Å². The minimum absolute atomic E-state index is 0.0452. The Morgan fingerprint density at radius 1 is 1.29 bits per heavy atom. The Morgan fingerprint density at radius 3 is 2.76 bits per heavy atom. The van der Waals surface area contributed by atoms with Crippen molar-refractivity contribution in [1.29, 1.82) is 0 Å². The summed E-state index contributed by atoms with van der Waals surface area (Å²) >= 11 is 0. The summed E-state index contributed by atoms with van der Waals surface area (Å²) in [4.78, 5) is 20.8. The molecule has 1 aliphatic carbocycles. The van der Waals surface area contributed by atoms with Crippen LogP contribution in [0.25, 0.3) is 0 Å². The SMILES string of the molecule is COOC(=O)C1=CC=CCC1c1ccccc1. The van der Waals surface area contributed by atoms with Crippen LogP contribution in [0.4, 0.5) is 0 Å². The number of hydrogen-bond acceptors (Lipinski definition) is 3. The van der Waals surface area contributed by atoms with E-state index in [-0.39, 0.29) is 5.92 Å². The summed E-state index contributed by atoms with van der Waals surface area (Å²) in [6.45, 7) is 0. The van der Waals surface area contributed by atoms with Gasteiger partial charge in [0.05, 0.1) is 7.11 Å². The Balaban J connectivity index is 2.25. The van der Waals surface area contributed by atoms with Crippen LogP contribution in [0.2, 0.25) is 0 Å². The number of benzene rings is 1. The topological polar surface area (TPSA) is 35.5 Å². The van der Waals surface area contributed by atoms with E-state index in [0.717, 1.165) is 12.0 Å². The van der Waals surface area contributed by atoms with Gasteiger partial charge < -0.3 is 0 Å². The van der Waals surface area contributed by atoms with Crippen molar-refractivity contribution in [2.45, 2.75) is 12.3 Å². The van der Waals surface area contributed by atoms with Gasteiger partial charge in [0.1, 0.15) is 0 Å². The van der Waals surface area contributed by atoms with Gasteiger partial charge in [0.25, 0.3) is 0 Å². The Labute approximate surface area is 100 Å². The van der Waals surface area contributed by atoms with Crippen molar-refractivity contribution in [3.05, 3.63) is 59.7 Å². The highest BCUT2D eigenvalue weighted by atomic mass is 17.2. The first kappa shape index (κ1) is 11.6. The van der Waals surface area contributed by atoms with Crippen LogP contribution in [-0.2, 0) is 14.6 Å². The minimum Gasteiger partial charge on any atom is -0.293 e. The highest BCUT2D eigenvalue weighted by molar-refractivity contribution is 5.90. The number of carbonyl (C=O) groups is 1. The quantitative estimate of drug-likeness (QED) is 0.591. The molecule has 0 heterocycles. The summed E-state index contributed by atoms with van der Waals surface area (Å²) in [6, 6.07) is 9.91. The van der Waals surface area contributed by atoms with E-state index in [1.165, 1.54) is 7.11 Å². The Kier molecular flexibility index (Phi) is 3.73. The van der Waals surface area contributed by atoms with E-state index >= 15 is 0 Å². The molecule has 1 aliphatic rings. The average molecular weight is 230 g/mol. The molecule has 0 amide bonds. The molecular weight excluding hydrogens is 216 g/mol. The lowest BCUT2D eigenvalue weighted by Gasteiger charge is -2.19.